The van der Waals surface area contributed by atoms with Crippen LogP contribution in [0.2, 0.25) is 0 Å². The maximum absolute atomic E-state index is 12.0. The number of nitrogens with zero attached hydrogens (tertiary/aromatic N) is 2. The molecule has 23 heavy (non-hydrogen) atoms. The number of carboxylic acids is 1. The Bertz CT molecular complexity index is 767. The summed E-state index contributed by atoms with van der Waals surface area (Å²) in [6.07, 6.45) is 1.69. The molecule has 1 aromatic carbocycles. The molecule has 0 amide bonds. The summed E-state index contributed by atoms with van der Waals surface area (Å²) >= 11 is 0. The van der Waals surface area contributed by atoms with E-state index >= 15 is 0 Å². The number of rotatable bonds is 6. The van der Waals surface area contributed by atoms with E-state index < -0.39 is 5.97 Å². The minimum atomic E-state index is -0.802. The maximum Gasteiger partial charge on any atom is 0.317 e. The van der Waals surface area contributed by atoms with Crippen LogP contribution in [0.5, 0.6) is 0 Å². The number of hydrogen-bond donors (Lipinski definition) is 3. The number of hydrogen-bond acceptors (Lipinski definition) is 5. The zero-order valence-corrected chi connectivity index (χ0v) is 13.0. The third-order valence-electron chi connectivity index (χ3n) is 4.33. The van der Waals surface area contributed by atoms with Gasteiger partial charge in [-0.05, 0) is 31.5 Å². The Morgan fingerprint density at radius 1 is 1.43 bits per heavy atom. The molecule has 7 heteroatoms. The van der Waals surface area contributed by atoms with E-state index in [-0.39, 0.29) is 24.2 Å². The summed E-state index contributed by atoms with van der Waals surface area (Å²) in [5, 5.41) is 12.7. The molecule has 1 aromatic heterocycles. The van der Waals surface area contributed by atoms with Crippen LogP contribution in [0.15, 0.2) is 29.1 Å². The summed E-state index contributed by atoms with van der Waals surface area (Å²) in [6.45, 7) is 2.75. The van der Waals surface area contributed by atoms with Crippen LogP contribution < -0.4 is 10.9 Å². The molecule has 1 aliphatic carbocycles. The van der Waals surface area contributed by atoms with Crippen molar-refractivity contribution in [3.63, 3.8) is 0 Å². The van der Waals surface area contributed by atoms with Crippen LogP contribution in [-0.2, 0) is 4.79 Å². The van der Waals surface area contributed by atoms with Crippen LogP contribution in [0.3, 0.4) is 0 Å². The Morgan fingerprint density at radius 2 is 2.17 bits per heavy atom. The molecule has 1 aliphatic rings. The number of likely N-dealkylation sites (N-methyl/N-ethyl adjacent to an activating group) is 1. The first-order chi connectivity index (χ1) is 11.1. The normalized spacial score (nSPS) is 20.4. The largest absolute Gasteiger partial charge is 0.480 e. The zero-order chi connectivity index (χ0) is 16.4. The van der Waals surface area contributed by atoms with Crippen molar-refractivity contribution in [2.75, 3.05) is 18.4 Å². The van der Waals surface area contributed by atoms with E-state index in [2.05, 4.69) is 15.3 Å². The minimum Gasteiger partial charge on any atom is -0.480 e. The predicted molar refractivity (Wildman–Crippen MR) is 87.7 cm³/mol. The van der Waals surface area contributed by atoms with Gasteiger partial charge in [-0.15, -0.1) is 0 Å². The average molecular weight is 316 g/mol. The molecular formula is C16H20N4O3. The van der Waals surface area contributed by atoms with Gasteiger partial charge in [0.2, 0.25) is 5.95 Å². The van der Waals surface area contributed by atoms with Crippen molar-refractivity contribution in [2.24, 2.45) is 0 Å². The Morgan fingerprint density at radius 3 is 2.87 bits per heavy atom. The molecule has 1 heterocycles. The summed E-state index contributed by atoms with van der Waals surface area (Å²) in [7, 11) is 0. The number of H-pyrrole nitrogens is 1. The van der Waals surface area contributed by atoms with Crippen molar-refractivity contribution in [2.45, 2.75) is 31.8 Å². The summed E-state index contributed by atoms with van der Waals surface area (Å²) in [5.41, 5.74) is 0.505. The molecule has 0 aliphatic heterocycles. The molecule has 3 N–H and O–H groups in total. The fourth-order valence-electron chi connectivity index (χ4n) is 3.02. The highest BCUT2D eigenvalue weighted by Crippen LogP contribution is 2.27. The molecule has 7 nitrogen and oxygen atoms in total. The van der Waals surface area contributed by atoms with E-state index in [1.165, 1.54) is 0 Å². The topological polar surface area (TPSA) is 98.3 Å². The maximum atomic E-state index is 12.0. The van der Waals surface area contributed by atoms with Crippen LogP contribution in [0.25, 0.3) is 10.9 Å². The van der Waals surface area contributed by atoms with Crippen molar-refractivity contribution >= 4 is 22.8 Å². The van der Waals surface area contributed by atoms with Crippen LogP contribution in [0.1, 0.15) is 19.8 Å². The molecule has 0 saturated heterocycles. The van der Waals surface area contributed by atoms with Crippen LogP contribution >= 0.6 is 0 Å². The number of aromatic nitrogens is 2. The summed E-state index contributed by atoms with van der Waals surface area (Å²) in [4.78, 5) is 32.0. The van der Waals surface area contributed by atoms with Gasteiger partial charge >= 0.3 is 5.97 Å². The number of benzene rings is 1. The van der Waals surface area contributed by atoms with E-state index in [0.717, 1.165) is 19.4 Å². The third-order valence-corrected chi connectivity index (χ3v) is 4.33. The van der Waals surface area contributed by atoms with Gasteiger partial charge in [0.05, 0.1) is 17.4 Å². The highest BCUT2D eigenvalue weighted by Gasteiger charge is 2.34. The fraction of sp³-hybridized carbons (Fsp3) is 0.438. The minimum absolute atomic E-state index is 0.0684. The summed E-state index contributed by atoms with van der Waals surface area (Å²) < 4.78 is 0. The predicted octanol–water partition coefficient (Wildman–Crippen LogP) is 1.27. The number of aliphatic carboxylic acids is 1. The SMILES string of the molecule is CCN(CC(=O)O)C1CC(Nc2nc3ccccc3c(=O)[nH]2)C1. The van der Waals surface area contributed by atoms with Crippen LogP contribution in [-0.4, -0.2) is 51.1 Å². The molecule has 0 unspecified atom stereocenters. The van der Waals surface area contributed by atoms with Crippen molar-refractivity contribution in [3.8, 4) is 0 Å². The van der Waals surface area contributed by atoms with E-state index in [9.17, 15) is 9.59 Å². The molecule has 0 atom stereocenters. The lowest BCUT2D eigenvalue weighted by Crippen LogP contribution is -2.51. The number of nitrogens with one attached hydrogen (secondary N) is 2. The highest BCUT2D eigenvalue weighted by molar-refractivity contribution is 5.78. The standard InChI is InChI=1S/C16H20N4O3/c1-2-20(9-14(21)22)11-7-10(8-11)17-16-18-13-6-4-3-5-12(13)15(23)19-16/h3-6,10-11H,2,7-9H2,1H3,(H,21,22)(H2,17,18,19,23). The fourth-order valence-corrected chi connectivity index (χ4v) is 3.02. The first-order valence-electron chi connectivity index (χ1n) is 7.78. The van der Waals surface area contributed by atoms with Crippen molar-refractivity contribution in [1.29, 1.82) is 0 Å². The highest BCUT2D eigenvalue weighted by atomic mass is 16.4. The number of carbonyl (C=O) groups is 1. The van der Waals surface area contributed by atoms with Crippen LogP contribution in [0, 0.1) is 0 Å². The van der Waals surface area contributed by atoms with Gasteiger partial charge in [0.15, 0.2) is 0 Å². The Kier molecular flexibility index (Phi) is 4.29. The molecule has 0 spiro atoms. The van der Waals surface area contributed by atoms with Gasteiger partial charge in [-0.3, -0.25) is 19.5 Å². The Labute approximate surface area is 133 Å². The molecular weight excluding hydrogens is 296 g/mol. The smallest absolute Gasteiger partial charge is 0.317 e. The second-order valence-corrected chi connectivity index (χ2v) is 5.86. The number of aromatic amines is 1. The lowest BCUT2D eigenvalue weighted by molar-refractivity contribution is -0.139. The zero-order valence-electron chi connectivity index (χ0n) is 13.0. The van der Waals surface area contributed by atoms with Crippen molar-refractivity contribution in [1.82, 2.24) is 14.9 Å². The lowest BCUT2D eigenvalue weighted by atomic mass is 9.85. The quantitative estimate of drug-likeness (QED) is 0.742. The molecule has 2 aromatic rings. The van der Waals surface area contributed by atoms with Gasteiger partial charge in [0.25, 0.3) is 5.56 Å². The molecule has 1 saturated carbocycles. The molecule has 0 radical (unpaired) electrons. The third kappa shape index (κ3) is 3.34. The Balaban J connectivity index is 1.64. The van der Waals surface area contributed by atoms with Gasteiger partial charge in [0, 0.05) is 12.1 Å². The summed E-state index contributed by atoms with van der Waals surface area (Å²) in [6, 6.07) is 7.68. The molecule has 0 bridgehead atoms. The second-order valence-electron chi connectivity index (χ2n) is 5.86. The van der Waals surface area contributed by atoms with Gasteiger partial charge < -0.3 is 10.4 Å². The lowest BCUT2D eigenvalue weighted by Gasteiger charge is -2.42. The number of fused-ring (bicyclic) bond motifs is 1. The van der Waals surface area contributed by atoms with Gasteiger partial charge in [0.1, 0.15) is 0 Å². The second kappa shape index (κ2) is 6.37. The van der Waals surface area contributed by atoms with Crippen molar-refractivity contribution < 1.29 is 9.90 Å². The number of para-hydroxylation sites is 1. The number of anilines is 1. The molecule has 122 valence electrons. The molecule has 3 rings (SSSR count). The van der Waals surface area contributed by atoms with E-state index in [1.807, 2.05) is 30.0 Å². The molecule has 1 fully saturated rings. The van der Waals surface area contributed by atoms with E-state index in [0.29, 0.717) is 16.9 Å². The van der Waals surface area contributed by atoms with Crippen molar-refractivity contribution in [3.05, 3.63) is 34.6 Å². The summed E-state index contributed by atoms with van der Waals surface area (Å²) in [5.74, 6) is -0.331. The first kappa shape index (κ1) is 15.5. The van der Waals surface area contributed by atoms with Gasteiger partial charge in [-0.2, -0.15) is 0 Å². The average Bonchev–Trinajstić information content (AvgIpc) is 2.48. The monoisotopic (exact) mass is 316 g/mol. The van der Waals surface area contributed by atoms with Gasteiger partial charge in [-0.25, -0.2) is 4.98 Å². The van der Waals surface area contributed by atoms with E-state index in [1.54, 1.807) is 6.07 Å². The van der Waals surface area contributed by atoms with Gasteiger partial charge in [-0.1, -0.05) is 19.1 Å². The van der Waals surface area contributed by atoms with E-state index in [4.69, 9.17) is 5.11 Å². The first-order valence-corrected chi connectivity index (χ1v) is 7.78. The number of carboxylic acid groups (broad SMARTS) is 1. The van der Waals surface area contributed by atoms with Crippen LogP contribution in [0.4, 0.5) is 5.95 Å². The Hall–Kier alpha value is -2.41.